The van der Waals surface area contributed by atoms with Crippen LogP contribution < -0.4 is 21.9 Å². The number of carbonyl (C=O) groups is 1. The zero-order chi connectivity index (χ0) is 25.8. The van der Waals surface area contributed by atoms with Crippen molar-refractivity contribution in [1.82, 2.24) is 18.8 Å². The fourth-order valence-corrected chi connectivity index (χ4v) is 6.57. The second kappa shape index (κ2) is 11.5. The number of amides is 1. The number of H-pyrrole nitrogens is 1. The van der Waals surface area contributed by atoms with E-state index in [1.54, 1.807) is 17.5 Å². The van der Waals surface area contributed by atoms with Crippen LogP contribution in [0.4, 0.5) is 11.5 Å². The zero-order valence-corrected chi connectivity index (χ0v) is 22.0. The van der Waals surface area contributed by atoms with E-state index < -0.39 is 21.3 Å². The lowest BCUT2D eigenvalue weighted by atomic mass is 10.2. The van der Waals surface area contributed by atoms with Gasteiger partial charge in [0.05, 0.1) is 6.54 Å². The van der Waals surface area contributed by atoms with Gasteiger partial charge in [-0.2, -0.15) is 4.31 Å². The molecule has 13 heteroatoms. The van der Waals surface area contributed by atoms with Crippen LogP contribution in [0, 0.1) is 5.92 Å². The summed E-state index contributed by atoms with van der Waals surface area (Å²) in [6.45, 7) is 7.74. The van der Waals surface area contributed by atoms with Crippen LogP contribution in [0.3, 0.4) is 0 Å². The molecular weight excluding hydrogens is 492 g/mol. The summed E-state index contributed by atoms with van der Waals surface area (Å²) in [5.74, 6) is -0.237. The first-order valence-corrected chi connectivity index (χ1v) is 14.1. The third-order valence-electron chi connectivity index (χ3n) is 5.85. The van der Waals surface area contributed by atoms with Gasteiger partial charge in [0.1, 0.15) is 10.0 Å². The van der Waals surface area contributed by atoms with Crippen molar-refractivity contribution in [3.8, 4) is 0 Å². The normalized spacial score (nSPS) is 15.5. The Balaban J connectivity index is 1.77. The van der Waals surface area contributed by atoms with E-state index in [1.807, 2.05) is 25.7 Å². The van der Waals surface area contributed by atoms with Crippen molar-refractivity contribution in [1.29, 1.82) is 0 Å². The lowest BCUT2D eigenvalue weighted by Gasteiger charge is -2.34. The summed E-state index contributed by atoms with van der Waals surface area (Å²) in [5.41, 5.74) is 4.95. The SMILES string of the molecule is CCCCN(C(=O)CN1CCN(S(=O)(=O)c2cccs2)CC1)c1c(N)n(CC(C)C)c(=O)[nH]c1=O. The van der Waals surface area contributed by atoms with Gasteiger partial charge < -0.3 is 10.6 Å². The molecule has 1 fully saturated rings. The molecule has 1 aliphatic heterocycles. The van der Waals surface area contributed by atoms with E-state index in [0.717, 1.165) is 6.42 Å². The van der Waals surface area contributed by atoms with Crippen LogP contribution in [0.5, 0.6) is 0 Å². The van der Waals surface area contributed by atoms with Gasteiger partial charge in [0.2, 0.25) is 5.91 Å². The first-order valence-electron chi connectivity index (χ1n) is 11.7. The molecule has 2 aromatic rings. The van der Waals surface area contributed by atoms with E-state index in [4.69, 9.17) is 5.73 Å². The summed E-state index contributed by atoms with van der Waals surface area (Å²) in [6.07, 6.45) is 1.45. The van der Waals surface area contributed by atoms with Crippen molar-refractivity contribution in [3.63, 3.8) is 0 Å². The first-order chi connectivity index (χ1) is 16.6. The highest BCUT2D eigenvalue weighted by molar-refractivity contribution is 7.91. The quantitative estimate of drug-likeness (QED) is 0.470. The van der Waals surface area contributed by atoms with Crippen LogP contribution >= 0.6 is 11.3 Å². The molecule has 1 aliphatic rings. The van der Waals surface area contributed by atoms with Gasteiger partial charge in [0, 0.05) is 39.3 Å². The topological polar surface area (TPSA) is 142 Å². The van der Waals surface area contributed by atoms with E-state index in [-0.39, 0.29) is 49.5 Å². The molecule has 11 nitrogen and oxygen atoms in total. The van der Waals surface area contributed by atoms with E-state index >= 15 is 0 Å². The number of carbonyl (C=O) groups excluding carboxylic acids is 1. The molecule has 0 aromatic carbocycles. The van der Waals surface area contributed by atoms with Gasteiger partial charge in [-0.15, -0.1) is 11.3 Å². The largest absolute Gasteiger partial charge is 0.383 e. The Morgan fingerprint density at radius 1 is 1.23 bits per heavy atom. The smallest absolute Gasteiger partial charge is 0.330 e. The van der Waals surface area contributed by atoms with Gasteiger partial charge in [-0.1, -0.05) is 33.3 Å². The molecule has 1 amide bonds. The van der Waals surface area contributed by atoms with Gasteiger partial charge in [0.25, 0.3) is 15.6 Å². The molecule has 0 unspecified atom stereocenters. The summed E-state index contributed by atoms with van der Waals surface area (Å²) in [6, 6.07) is 3.29. The molecule has 0 spiro atoms. The summed E-state index contributed by atoms with van der Waals surface area (Å²) in [4.78, 5) is 44.0. The highest BCUT2D eigenvalue weighted by Crippen LogP contribution is 2.23. The molecule has 3 rings (SSSR count). The summed E-state index contributed by atoms with van der Waals surface area (Å²) in [7, 11) is -3.54. The molecule has 3 heterocycles. The van der Waals surface area contributed by atoms with E-state index in [9.17, 15) is 22.8 Å². The van der Waals surface area contributed by atoms with Crippen molar-refractivity contribution in [2.45, 2.75) is 44.4 Å². The number of aromatic amines is 1. The fraction of sp³-hybridized carbons (Fsp3) is 0.591. The first kappa shape index (κ1) is 27.1. The maximum absolute atomic E-state index is 13.4. The number of rotatable bonds is 10. The number of sulfonamides is 1. The van der Waals surface area contributed by atoms with Crippen molar-refractivity contribution in [2.75, 3.05) is 49.9 Å². The highest BCUT2D eigenvalue weighted by atomic mass is 32.2. The molecule has 2 aromatic heterocycles. The molecule has 35 heavy (non-hydrogen) atoms. The van der Waals surface area contributed by atoms with E-state index in [2.05, 4.69) is 4.98 Å². The standard InChI is InChI=1S/C22H34N6O5S2/c1-4-5-8-27(19-20(23)28(14-16(2)3)22(31)24-21(19)30)17(29)15-25-9-11-26(12-10-25)35(32,33)18-7-6-13-34-18/h6-7,13,16H,4-5,8-12,14-15,23H2,1-3H3,(H,24,30,31). The Labute approximate surface area is 209 Å². The van der Waals surface area contributed by atoms with Crippen molar-refractivity contribution < 1.29 is 13.2 Å². The predicted octanol–water partition coefficient (Wildman–Crippen LogP) is 0.976. The summed E-state index contributed by atoms with van der Waals surface area (Å²) < 4.78 is 28.6. The average molecular weight is 527 g/mol. The number of nitrogens with one attached hydrogen (secondary N) is 1. The lowest BCUT2D eigenvalue weighted by molar-refractivity contribution is -0.120. The molecule has 194 valence electrons. The van der Waals surface area contributed by atoms with Crippen molar-refractivity contribution in [2.24, 2.45) is 5.92 Å². The number of hydrogen-bond acceptors (Lipinski definition) is 8. The predicted molar refractivity (Wildman–Crippen MR) is 137 cm³/mol. The van der Waals surface area contributed by atoms with Crippen LogP contribution in [-0.2, 0) is 21.4 Å². The monoisotopic (exact) mass is 526 g/mol. The number of nitrogen functional groups attached to an aromatic ring is 1. The maximum Gasteiger partial charge on any atom is 0.330 e. The zero-order valence-electron chi connectivity index (χ0n) is 20.4. The molecule has 1 saturated heterocycles. The minimum Gasteiger partial charge on any atom is -0.383 e. The number of thiophene rings is 1. The van der Waals surface area contributed by atoms with Gasteiger partial charge in [-0.25, -0.2) is 13.2 Å². The number of piperazine rings is 1. The summed E-state index contributed by atoms with van der Waals surface area (Å²) in [5, 5.41) is 1.73. The van der Waals surface area contributed by atoms with Crippen LogP contribution in [0.25, 0.3) is 0 Å². The van der Waals surface area contributed by atoms with Gasteiger partial charge in [0.15, 0.2) is 5.69 Å². The third-order valence-corrected chi connectivity index (χ3v) is 9.12. The number of nitrogens with zero attached hydrogens (tertiary/aromatic N) is 4. The molecule has 0 atom stereocenters. The molecular formula is C22H34N6O5S2. The molecule has 0 radical (unpaired) electrons. The number of hydrogen-bond donors (Lipinski definition) is 2. The van der Waals surface area contributed by atoms with Gasteiger partial charge >= 0.3 is 5.69 Å². The third kappa shape index (κ3) is 6.21. The molecule has 0 aliphatic carbocycles. The van der Waals surface area contributed by atoms with Crippen molar-refractivity contribution >= 4 is 38.8 Å². The van der Waals surface area contributed by atoms with E-state index in [1.165, 1.54) is 25.1 Å². The van der Waals surface area contributed by atoms with Crippen LogP contribution in [0.2, 0.25) is 0 Å². The van der Waals surface area contributed by atoms with Crippen LogP contribution in [-0.4, -0.2) is 72.3 Å². The maximum atomic E-state index is 13.4. The minimum atomic E-state index is -3.54. The second-order valence-electron chi connectivity index (χ2n) is 9.01. The van der Waals surface area contributed by atoms with Crippen LogP contribution in [0.1, 0.15) is 33.6 Å². The fourth-order valence-electron chi connectivity index (χ4n) is 4.00. The summed E-state index contributed by atoms with van der Waals surface area (Å²) >= 11 is 1.18. The van der Waals surface area contributed by atoms with Gasteiger partial charge in [-0.3, -0.25) is 24.0 Å². The Kier molecular flexibility index (Phi) is 8.91. The van der Waals surface area contributed by atoms with Gasteiger partial charge in [-0.05, 0) is 23.8 Å². The average Bonchev–Trinajstić information content (AvgIpc) is 3.35. The highest BCUT2D eigenvalue weighted by Gasteiger charge is 2.31. The van der Waals surface area contributed by atoms with Crippen molar-refractivity contribution in [3.05, 3.63) is 38.4 Å². The molecule has 0 bridgehead atoms. The minimum absolute atomic E-state index is 0.0115. The molecule has 0 saturated carbocycles. The Morgan fingerprint density at radius 3 is 2.49 bits per heavy atom. The molecule has 3 N–H and O–H groups in total. The Morgan fingerprint density at radius 2 is 1.91 bits per heavy atom. The van der Waals surface area contributed by atoms with Crippen LogP contribution in [0.15, 0.2) is 31.3 Å². The number of unbranched alkanes of at least 4 members (excludes halogenated alkanes) is 1. The Bertz CT molecular complexity index is 1230. The number of nitrogens with two attached hydrogens (primary N) is 1. The Hall–Kier alpha value is -2.48. The van der Waals surface area contributed by atoms with E-state index in [0.29, 0.717) is 30.3 Å². The lowest BCUT2D eigenvalue weighted by Crippen LogP contribution is -2.52. The number of anilines is 2. The second-order valence-corrected chi connectivity index (χ2v) is 12.1. The number of aromatic nitrogens is 2.